The van der Waals surface area contributed by atoms with Gasteiger partial charge in [-0.2, -0.15) is 0 Å². The molecule has 26 heavy (non-hydrogen) atoms. The van der Waals surface area contributed by atoms with Crippen molar-refractivity contribution in [1.29, 1.82) is 0 Å². The second-order valence-electron chi connectivity index (χ2n) is 5.14. The van der Waals surface area contributed by atoms with Crippen LogP contribution in [0.25, 0.3) is 5.69 Å². The highest BCUT2D eigenvalue weighted by atomic mass is 35.5. The average molecular weight is 393 g/mol. The van der Waals surface area contributed by atoms with Crippen molar-refractivity contribution in [2.45, 2.75) is 5.16 Å². The summed E-state index contributed by atoms with van der Waals surface area (Å²) in [5.74, 6) is -0.158. The molecule has 0 saturated heterocycles. The maximum atomic E-state index is 13.7. The van der Waals surface area contributed by atoms with E-state index in [1.165, 1.54) is 23.9 Å². The van der Waals surface area contributed by atoms with E-state index in [2.05, 4.69) is 15.5 Å². The number of amides is 1. The van der Waals surface area contributed by atoms with Gasteiger partial charge in [0.25, 0.3) is 0 Å². The number of carbonyl (C=O) groups excluding carboxylic acids is 1. The van der Waals surface area contributed by atoms with Gasteiger partial charge in [-0.25, -0.2) is 4.39 Å². The molecule has 6 nitrogen and oxygen atoms in total. The Morgan fingerprint density at radius 1 is 1.31 bits per heavy atom. The number of rotatable bonds is 6. The average Bonchev–Trinajstić information content (AvgIpc) is 3.11. The fraction of sp³-hybridized carbons (Fsp3) is 0.118. The Hall–Kier alpha value is -2.58. The highest BCUT2D eigenvalue weighted by molar-refractivity contribution is 7.99. The minimum atomic E-state index is -0.586. The molecule has 0 bridgehead atoms. The lowest BCUT2D eigenvalue weighted by molar-refractivity contribution is -0.113. The molecule has 0 atom stereocenters. The minimum Gasteiger partial charge on any atom is -0.497 e. The van der Waals surface area contributed by atoms with Gasteiger partial charge >= 0.3 is 0 Å². The summed E-state index contributed by atoms with van der Waals surface area (Å²) < 4.78 is 20.6. The Labute approximate surface area is 158 Å². The number of aromatic nitrogens is 3. The SMILES string of the molecule is COc1ccc(-n2cnnc2SCC(=O)Nc2ccc(Cl)cc2F)cc1. The van der Waals surface area contributed by atoms with E-state index in [1.54, 1.807) is 18.0 Å². The monoisotopic (exact) mass is 392 g/mol. The van der Waals surface area contributed by atoms with E-state index < -0.39 is 5.82 Å². The molecular weight excluding hydrogens is 379 g/mol. The van der Waals surface area contributed by atoms with Gasteiger partial charge in [-0.15, -0.1) is 10.2 Å². The topological polar surface area (TPSA) is 69.0 Å². The number of anilines is 1. The second-order valence-corrected chi connectivity index (χ2v) is 6.52. The number of hydrogen-bond donors (Lipinski definition) is 1. The zero-order valence-corrected chi connectivity index (χ0v) is 15.2. The smallest absolute Gasteiger partial charge is 0.234 e. The summed E-state index contributed by atoms with van der Waals surface area (Å²) in [5.41, 5.74) is 0.916. The molecule has 0 aliphatic rings. The summed E-state index contributed by atoms with van der Waals surface area (Å²) >= 11 is 6.89. The van der Waals surface area contributed by atoms with E-state index >= 15 is 0 Å². The number of methoxy groups -OCH3 is 1. The van der Waals surface area contributed by atoms with Crippen molar-refractivity contribution in [3.05, 3.63) is 59.6 Å². The number of halogens is 2. The fourth-order valence-electron chi connectivity index (χ4n) is 2.15. The van der Waals surface area contributed by atoms with Gasteiger partial charge in [-0.3, -0.25) is 9.36 Å². The van der Waals surface area contributed by atoms with E-state index in [9.17, 15) is 9.18 Å². The number of hydrogen-bond acceptors (Lipinski definition) is 5. The maximum absolute atomic E-state index is 13.7. The summed E-state index contributed by atoms with van der Waals surface area (Å²) in [7, 11) is 1.59. The zero-order chi connectivity index (χ0) is 18.5. The molecule has 2 aromatic carbocycles. The van der Waals surface area contributed by atoms with Crippen molar-refractivity contribution in [3.8, 4) is 11.4 Å². The third kappa shape index (κ3) is 4.33. The van der Waals surface area contributed by atoms with Crippen molar-refractivity contribution in [2.24, 2.45) is 0 Å². The predicted molar refractivity (Wildman–Crippen MR) is 98.7 cm³/mol. The predicted octanol–water partition coefficient (Wildman–Crippen LogP) is 3.80. The Morgan fingerprint density at radius 3 is 2.77 bits per heavy atom. The third-order valence-electron chi connectivity index (χ3n) is 3.40. The molecule has 134 valence electrons. The van der Waals surface area contributed by atoms with Crippen LogP contribution in [0, 0.1) is 5.82 Å². The normalized spacial score (nSPS) is 10.6. The molecule has 0 aliphatic carbocycles. The van der Waals surface area contributed by atoms with Crippen LogP contribution in [0.1, 0.15) is 0 Å². The summed E-state index contributed by atoms with van der Waals surface area (Å²) in [6.45, 7) is 0. The van der Waals surface area contributed by atoms with Crippen LogP contribution in [0.2, 0.25) is 5.02 Å². The van der Waals surface area contributed by atoms with Gasteiger partial charge in [0, 0.05) is 10.7 Å². The molecule has 1 N–H and O–H groups in total. The number of thioether (sulfide) groups is 1. The van der Waals surface area contributed by atoms with Crippen LogP contribution < -0.4 is 10.1 Å². The molecule has 9 heteroatoms. The van der Waals surface area contributed by atoms with Crippen LogP contribution >= 0.6 is 23.4 Å². The standard InChI is InChI=1S/C17H14ClFN4O2S/c1-25-13-5-3-12(4-6-13)23-10-20-22-17(23)26-9-16(24)21-15-7-2-11(18)8-14(15)19/h2-8,10H,9H2,1H3,(H,21,24). The second kappa shape index (κ2) is 8.20. The largest absolute Gasteiger partial charge is 0.497 e. The molecule has 0 saturated carbocycles. The van der Waals surface area contributed by atoms with Gasteiger partial charge < -0.3 is 10.1 Å². The van der Waals surface area contributed by atoms with Gasteiger partial charge in [-0.1, -0.05) is 23.4 Å². The van der Waals surface area contributed by atoms with Crippen molar-refractivity contribution in [3.63, 3.8) is 0 Å². The lowest BCUT2D eigenvalue weighted by Crippen LogP contribution is -2.15. The highest BCUT2D eigenvalue weighted by Gasteiger charge is 2.12. The van der Waals surface area contributed by atoms with Crippen molar-refractivity contribution < 1.29 is 13.9 Å². The molecule has 0 aliphatic heterocycles. The van der Waals surface area contributed by atoms with E-state index in [1.807, 2.05) is 24.3 Å². The van der Waals surface area contributed by atoms with Crippen molar-refractivity contribution >= 4 is 35.0 Å². The minimum absolute atomic E-state index is 0.0525. The first kappa shape index (κ1) is 18.2. The molecule has 0 unspecified atom stereocenters. The Kier molecular flexibility index (Phi) is 5.75. The van der Waals surface area contributed by atoms with Crippen LogP contribution in [0.5, 0.6) is 5.75 Å². The quantitative estimate of drug-likeness (QED) is 0.646. The summed E-state index contributed by atoms with van der Waals surface area (Å²) in [5, 5.41) is 11.2. The van der Waals surface area contributed by atoms with Crippen molar-refractivity contribution in [2.75, 3.05) is 18.2 Å². The van der Waals surface area contributed by atoms with E-state index in [-0.39, 0.29) is 22.4 Å². The first-order valence-electron chi connectivity index (χ1n) is 7.49. The van der Waals surface area contributed by atoms with E-state index in [0.717, 1.165) is 17.5 Å². The highest BCUT2D eigenvalue weighted by Crippen LogP contribution is 2.23. The van der Waals surface area contributed by atoms with Crippen molar-refractivity contribution in [1.82, 2.24) is 14.8 Å². The maximum Gasteiger partial charge on any atom is 0.234 e. The first-order chi connectivity index (χ1) is 12.6. The van der Waals surface area contributed by atoms with Gasteiger partial charge in [-0.05, 0) is 42.5 Å². The van der Waals surface area contributed by atoms with Crippen LogP contribution in [0.15, 0.2) is 53.9 Å². The van der Waals surface area contributed by atoms with Crippen LogP contribution in [-0.4, -0.2) is 33.5 Å². The van der Waals surface area contributed by atoms with E-state index in [0.29, 0.717) is 5.16 Å². The van der Waals surface area contributed by atoms with Crippen LogP contribution in [-0.2, 0) is 4.79 Å². The first-order valence-corrected chi connectivity index (χ1v) is 8.85. The molecular formula is C17H14ClFN4O2S. The van der Waals surface area contributed by atoms with Gasteiger partial charge in [0.2, 0.25) is 5.91 Å². The molecule has 1 heterocycles. The Morgan fingerprint density at radius 2 is 2.08 bits per heavy atom. The molecule has 1 amide bonds. The molecule has 0 fully saturated rings. The van der Waals surface area contributed by atoms with Gasteiger partial charge in [0.1, 0.15) is 17.9 Å². The summed E-state index contributed by atoms with van der Waals surface area (Å²) in [4.78, 5) is 12.1. The number of ether oxygens (including phenoxy) is 1. The molecule has 3 aromatic rings. The Balaban J connectivity index is 1.64. The summed E-state index contributed by atoms with van der Waals surface area (Å²) in [6, 6.07) is 11.4. The number of carbonyl (C=O) groups is 1. The van der Waals surface area contributed by atoms with Gasteiger partial charge in [0.05, 0.1) is 18.6 Å². The third-order valence-corrected chi connectivity index (χ3v) is 4.58. The lowest BCUT2D eigenvalue weighted by Gasteiger charge is -2.08. The van der Waals surface area contributed by atoms with Gasteiger partial charge in [0.15, 0.2) is 5.16 Å². The van der Waals surface area contributed by atoms with E-state index in [4.69, 9.17) is 16.3 Å². The lowest BCUT2D eigenvalue weighted by atomic mass is 10.3. The van der Waals surface area contributed by atoms with Crippen LogP contribution in [0.3, 0.4) is 0 Å². The fourth-order valence-corrected chi connectivity index (χ4v) is 3.04. The summed E-state index contributed by atoms with van der Waals surface area (Å²) in [6.07, 6.45) is 1.56. The number of nitrogens with zero attached hydrogens (tertiary/aromatic N) is 3. The molecule has 1 aromatic heterocycles. The molecule has 3 rings (SSSR count). The Bertz CT molecular complexity index is 917. The zero-order valence-electron chi connectivity index (χ0n) is 13.6. The van der Waals surface area contributed by atoms with Crippen LogP contribution in [0.4, 0.5) is 10.1 Å². The number of benzene rings is 2. The molecule has 0 spiro atoms. The molecule has 0 radical (unpaired) electrons. The number of nitrogens with one attached hydrogen (secondary N) is 1.